The van der Waals surface area contributed by atoms with E-state index in [9.17, 15) is 14.4 Å². The topological polar surface area (TPSA) is 104 Å². The molecule has 1 aliphatic carbocycles. The van der Waals surface area contributed by atoms with Crippen LogP contribution in [0.3, 0.4) is 0 Å². The molecule has 2 heterocycles. The Morgan fingerprint density at radius 3 is 2.80 bits per heavy atom. The molecule has 0 unspecified atom stereocenters. The van der Waals surface area contributed by atoms with Gasteiger partial charge in [0.15, 0.2) is 5.16 Å². The van der Waals surface area contributed by atoms with Gasteiger partial charge in [0.2, 0.25) is 5.91 Å². The third kappa shape index (κ3) is 4.91. The van der Waals surface area contributed by atoms with Gasteiger partial charge < -0.3 is 10.3 Å². The molecule has 9 heteroatoms. The van der Waals surface area contributed by atoms with Crippen LogP contribution in [0.25, 0.3) is 10.2 Å². The Balaban J connectivity index is 1.27. The highest BCUT2D eigenvalue weighted by Crippen LogP contribution is 2.34. The SMILES string of the molecule is O=C(CCSc1nc2sc3c(c2c(=O)[nH]1)CCCC3)NC(=O)NCc1ccccc1. The van der Waals surface area contributed by atoms with Crippen molar-refractivity contribution in [1.29, 1.82) is 0 Å². The molecule has 0 aliphatic heterocycles. The van der Waals surface area contributed by atoms with E-state index in [1.807, 2.05) is 30.3 Å². The number of hydrogen-bond donors (Lipinski definition) is 3. The zero-order valence-corrected chi connectivity index (χ0v) is 18.0. The summed E-state index contributed by atoms with van der Waals surface area (Å²) in [6.07, 6.45) is 4.38. The molecule has 156 valence electrons. The average molecular weight is 443 g/mol. The summed E-state index contributed by atoms with van der Waals surface area (Å²) in [6.45, 7) is 0.352. The number of H-pyrrole nitrogens is 1. The first-order valence-electron chi connectivity index (χ1n) is 9.89. The van der Waals surface area contributed by atoms with Crippen molar-refractivity contribution in [2.24, 2.45) is 0 Å². The van der Waals surface area contributed by atoms with Crippen molar-refractivity contribution in [2.45, 2.75) is 43.8 Å². The van der Waals surface area contributed by atoms with Crippen LogP contribution in [-0.2, 0) is 24.2 Å². The molecule has 0 spiro atoms. The fourth-order valence-electron chi connectivity index (χ4n) is 3.46. The van der Waals surface area contributed by atoms with Crippen LogP contribution in [0.2, 0.25) is 0 Å². The number of hydrogen-bond acceptors (Lipinski definition) is 6. The smallest absolute Gasteiger partial charge is 0.321 e. The lowest BCUT2D eigenvalue weighted by Crippen LogP contribution is -2.39. The summed E-state index contributed by atoms with van der Waals surface area (Å²) >= 11 is 2.91. The van der Waals surface area contributed by atoms with Gasteiger partial charge in [-0.2, -0.15) is 0 Å². The number of carbonyl (C=O) groups excluding carboxylic acids is 2. The summed E-state index contributed by atoms with van der Waals surface area (Å²) in [5.41, 5.74) is 2.01. The molecule has 2 aromatic heterocycles. The summed E-state index contributed by atoms with van der Waals surface area (Å²) in [7, 11) is 0. The quantitative estimate of drug-likeness (QED) is 0.401. The number of urea groups is 1. The molecule has 0 saturated carbocycles. The maximum Gasteiger partial charge on any atom is 0.321 e. The number of aromatic amines is 1. The fourth-order valence-corrected chi connectivity index (χ4v) is 5.59. The minimum absolute atomic E-state index is 0.105. The second-order valence-electron chi connectivity index (χ2n) is 7.08. The van der Waals surface area contributed by atoms with E-state index in [1.165, 1.54) is 16.6 Å². The fraction of sp³-hybridized carbons (Fsp3) is 0.333. The van der Waals surface area contributed by atoms with Crippen LogP contribution in [0.1, 0.15) is 35.3 Å². The number of nitrogens with one attached hydrogen (secondary N) is 3. The van der Waals surface area contributed by atoms with Gasteiger partial charge in [-0.15, -0.1) is 11.3 Å². The summed E-state index contributed by atoms with van der Waals surface area (Å²) in [6, 6.07) is 8.94. The molecule has 0 bridgehead atoms. The van der Waals surface area contributed by atoms with Gasteiger partial charge in [-0.1, -0.05) is 42.1 Å². The predicted octanol–water partition coefficient (Wildman–Crippen LogP) is 3.37. The van der Waals surface area contributed by atoms with Crippen molar-refractivity contribution >= 4 is 45.3 Å². The van der Waals surface area contributed by atoms with E-state index < -0.39 is 6.03 Å². The van der Waals surface area contributed by atoms with E-state index in [1.54, 1.807) is 11.3 Å². The maximum atomic E-state index is 12.5. The Kier molecular flexibility index (Phi) is 6.49. The van der Waals surface area contributed by atoms with Crippen LogP contribution >= 0.6 is 23.1 Å². The van der Waals surface area contributed by atoms with Crippen LogP contribution in [0.4, 0.5) is 4.79 Å². The standard InChI is InChI=1S/C21H22N4O3S2/c26-16(23-20(28)22-12-13-6-2-1-3-7-13)10-11-29-21-24-18(27)17-14-8-4-5-9-15(14)30-19(17)25-21/h1-3,6-7H,4-5,8-12H2,(H,24,25,27)(H2,22,23,26,28). The molecular formula is C21H22N4O3S2. The number of aromatic nitrogens is 2. The summed E-state index contributed by atoms with van der Waals surface area (Å²) in [5, 5.41) is 6.21. The van der Waals surface area contributed by atoms with Crippen LogP contribution < -0.4 is 16.2 Å². The first-order valence-corrected chi connectivity index (χ1v) is 11.7. The van der Waals surface area contributed by atoms with E-state index in [-0.39, 0.29) is 17.9 Å². The zero-order chi connectivity index (χ0) is 20.9. The van der Waals surface area contributed by atoms with E-state index in [4.69, 9.17) is 0 Å². The highest BCUT2D eigenvalue weighted by Gasteiger charge is 2.20. The molecule has 3 N–H and O–H groups in total. The number of carbonyl (C=O) groups is 2. The van der Waals surface area contributed by atoms with Gasteiger partial charge in [0, 0.05) is 23.6 Å². The number of thioether (sulfide) groups is 1. The molecule has 4 rings (SSSR count). The summed E-state index contributed by atoms with van der Waals surface area (Å²) in [4.78, 5) is 45.8. The molecule has 3 amide bonds. The normalized spacial score (nSPS) is 13.1. The maximum absolute atomic E-state index is 12.5. The van der Waals surface area contributed by atoms with Gasteiger partial charge in [0.05, 0.1) is 5.39 Å². The molecule has 0 radical (unpaired) electrons. The van der Waals surface area contributed by atoms with E-state index >= 15 is 0 Å². The van der Waals surface area contributed by atoms with Gasteiger partial charge in [0.1, 0.15) is 4.83 Å². The largest absolute Gasteiger partial charge is 0.334 e. The minimum Gasteiger partial charge on any atom is -0.334 e. The number of nitrogens with zero attached hydrogens (tertiary/aromatic N) is 1. The second kappa shape index (κ2) is 9.44. The van der Waals surface area contributed by atoms with Gasteiger partial charge in [-0.25, -0.2) is 9.78 Å². The molecule has 0 fully saturated rings. The van der Waals surface area contributed by atoms with Crippen molar-refractivity contribution in [2.75, 3.05) is 5.75 Å². The highest BCUT2D eigenvalue weighted by molar-refractivity contribution is 7.99. The van der Waals surface area contributed by atoms with E-state index in [0.29, 0.717) is 17.5 Å². The minimum atomic E-state index is -0.522. The lowest BCUT2D eigenvalue weighted by atomic mass is 9.97. The van der Waals surface area contributed by atoms with Crippen LogP contribution in [0.5, 0.6) is 0 Å². The molecule has 7 nitrogen and oxygen atoms in total. The predicted molar refractivity (Wildman–Crippen MR) is 119 cm³/mol. The number of thiophene rings is 1. The lowest BCUT2D eigenvalue weighted by Gasteiger charge is -2.09. The zero-order valence-electron chi connectivity index (χ0n) is 16.3. The molecule has 1 aliphatic rings. The van der Waals surface area contributed by atoms with Crippen molar-refractivity contribution in [3.63, 3.8) is 0 Å². The third-order valence-electron chi connectivity index (χ3n) is 4.92. The Morgan fingerprint density at radius 2 is 1.97 bits per heavy atom. The average Bonchev–Trinajstić information content (AvgIpc) is 3.12. The Hall–Kier alpha value is -2.65. The van der Waals surface area contributed by atoms with Gasteiger partial charge >= 0.3 is 6.03 Å². The monoisotopic (exact) mass is 442 g/mol. The molecule has 0 saturated heterocycles. The van der Waals surface area contributed by atoms with Crippen molar-refractivity contribution in [3.8, 4) is 0 Å². The first kappa shape index (κ1) is 20.6. The first-order chi connectivity index (χ1) is 14.6. The Labute approximate surface area is 181 Å². The Morgan fingerprint density at radius 1 is 1.17 bits per heavy atom. The van der Waals surface area contributed by atoms with Crippen LogP contribution in [0.15, 0.2) is 40.3 Å². The molecule has 1 aromatic carbocycles. The number of rotatable bonds is 6. The summed E-state index contributed by atoms with van der Waals surface area (Å²) < 4.78 is 0. The van der Waals surface area contributed by atoms with Crippen molar-refractivity contribution in [1.82, 2.24) is 20.6 Å². The number of fused-ring (bicyclic) bond motifs is 3. The molecule has 0 atom stereocenters. The molecule has 3 aromatic rings. The van der Waals surface area contributed by atoms with Gasteiger partial charge in [-0.3, -0.25) is 14.9 Å². The lowest BCUT2D eigenvalue weighted by molar-refractivity contribution is -0.119. The number of aryl methyl sites for hydroxylation is 2. The molecule has 30 heavy (non-hydrogen) atoms. The highest BCUT2D eigenvalue weighted by atomic mass is 32.2. The van der Waals surface area contributed by atoms with E-state index in [2.05, 4.69) is 20.6 Å². The van der Waals surface area contributed by atoms with Gasteiger partial charge in [-0.05, 0) is 36.8 Å². The third-order valence-corrected chi connectivity index (χ3v) is 6.98. The second-order valence-corrected chi connectivity index (χ2v) is 9.24. The number of benzene rings is 1. The molecular weight excluding hydrogens is 420 g/mol. The summed E-state index contributed by atoms with van der Waals surface area (Å²) in [5.74, 6) is 0.0419. The van der Waals surface area contributed by atoms with Crippen molar-refractivity contribution in [3.05, 3.63) is 56.7 Å². The Bertz CT molecular complexity index is 1120. The van der Waals surface area contributed by atoms with Crippen molar-refractivity contribution < 1.29 is 9.59 Å². The van der Waals surface area contributed by atoms with Crippen LogP contribution in [0, 0.1) is 0 Å². The van der Waals surface area contributed by atoms with E-state index in [0.717, 1.165) is 47.0 Å². The van der Waals surface area contributed by atoms with Gasteiger partial charge in [0.25, 0.3) is 5.56 Å². The number of amides is 3. The van der Waals surface area contributed by atoms with Crippen LogP contribution in [-0.4, -0.2) is 27.7 Å². The number of imide groups is 1.